The summed E-state index contributed by atoms with van der Waals surface area (Å²) in [7, 11) is 0. The van der Waals surface area contributed by atoms with Crippen LogP contribution in [0.5, 0.6) is 17.2 Å². The number of aromatic hydroxyl groups is 1. The van der Waals surface area contributed by atoms with Gasteiger partial charge in [0.1, 0.15) is 11.5 Å². The summed E-state index contributed by atoms with van der Waals surface area (Å²) in [4.78, 5) is 15.4. The molecule has 0 saturated heterocycles. The summed E-state index contributed by atoms with van der Waals surface area (Å²) >= 11 is 6.99. The Bertz CT molecular complexity index is 1140. The summed E-state index contributed by atoms with van der Waals surface area (Å²) in [5.74, 6) is -0.179. The summed E-state index contributed by atoms with van der Waals surface area (Å²) in [5.41, 5.74) is 3.01. The number of benzene rings is 2. The molecule has 1 aromatic heterocycles. The number of hydrogen-bond acceptors (Lipinski definition) is 4. The fraction of sp³-hybridized carbons (Fsp3) is 0.200. The van der Waals surface area contributed by atoms with E-state index >= 15 is 0 Å². The lowest BCUT2D eigenvalue weighted by molar-refractivity contribution is -0.138. The molecule has 3 aromatic rings. The highest BCUT2D eigenvalue weighted by Gasteiger charge is 2.19. The predicted molar refractivity (Wildman–Crippen MR) is 133 cm³/mol. The van der Waals surface area contributed by atoms with Gasteiger partial charge in [0.15, 0.2) is 5.75 Å². The number of carbonyl (C=O) groups is 1. The van der Waals surface area contributed by atoms with E-state index in [2.05, 4.69) is 36.8 Å². The van der Waals surface area contributed by atoms with Gasteiger partial charge in [-0.15, -0.1) is 0 Å². The first kappa shape index (κ1) is 24.0. The van der Waals surface area contributed by atoms with Gasteiger partial charge in [-0.25, -0.2) is 0 Å². The quantitative estimate of drug-likeness (QED) is 0.311. The number of carboxylic acid groups (broad SMARTS) is 1. The Morgan fingerprint density at radius 2 is 1.66 bits per heavy atom. The van der Waals surface area contributed by atoms with E-state index < -0.39 is 11.9 Å². The number of ether oxygens (including phenoxy) is 1. The van der Waals surface area contributed by atoms with Crippen molar-refractivity contribution in [1.82, 2.24) is 4.98 Å². The smallest absolute Gasteiger partial charge is 0.310 e. The van der Waals surface area contributed by atoms with Gasteiger partial charge >= 0.3 is 5.97 Å². The van der Waals surface area contributed by atoms with Crippen LogP contribution in [0.3, 0.4) is 0 Å². The van der Waals surface area contributed by atoms with Crippen LogP contribution >= 0.6 is 31.9 Å². The molecular weight excluding hydrogens is 538 g/mol. The fourth-order valence-corrected chi connectivity index (χ4v) is 4.51. The molecule has 2 N–H and O–H groups in total. The lowest BCUT2D eigenvalue weighted by Gasteiger charge is -2.17. The fourth-order valence-electron chi connectivity index (χ4n) is 3.13. The summed E-state index contributed by atoms with van der Waals surface area (Å²) in [6, 6.07) is 10.8. The van der Waals surface area contributed by atoms with Gasteiger partial charge in [0.05, 0.1) is 14.9 Å². The Morgan fingerprint density at radius 3 is 2.22 bits per heavy atom. The minimum atomic E-state index is -0.900. The van der Waals surface area contributed by atoms with Crippen molar-refractivity contribution >= 4 is 50.0 Å². The SMILES string of the molecule is CC(C)c1cc(Oc2c(Br)cc(C(C)C(=O)O)cc2Br)cc(/C=C/c2ccncc2)c1O. The van der Waals surface area contributed by atoms with Crippen molar-refractivity contribution in [2.75, 3.05) is 0 Å². The zero-order valence-corrected chi connectivity index (χ0v) is 21.0. The maximum Gasteiger partial charge on any atom is 0.310 e. The van der Waals surface area contributed by atoms with E-state index in [1.54, 1.807) is 37.5 Å². The van der Waals surface area contributed by atoms with E-state index in [-0.39, 0.29) is 11.7 Å². The van der Waals surface area contributed by atoms with Gasteiger partial charge in [-0.3, -0.25) is 9.78 Å². The highest BCUT2D eigenvalue weighted by molar-refractivity contribution is 9.11. The lowest BCUT2D eigenvalue weighted by Crippen LogP contribution is -2.07. The van der Waals surface area contributed by atoms with Crippen LogP contribution in [0.25, 0.3) is 12.2 Å². The zero-order valence-electron chi connectivity index (χ0n) is 17.8. The number of phenolic OH excluding ortho intramolecular Hbond substituents is 1. The number of pyridine rings is 1. The van der Waals surface area contributed by atoms with Gasteiger partial charge in [0.25, 0.3) is 0 Å². The van der Waals surface area contributed by atoms with E-state index in [9.17, 15) is 15.0 Å². The van der Waals surface area contributed by atoms with Crippen molar-refractivity contribution in [1.29, 1.82) is 0 Å². The van der Waals surface area contributed by atoms with Gasteiger partial charge in [-0.1, -0.05) is 26.0 Å². The summed E-state index contributed by atoms with van der Waals surface area (Å²) < 4.78 is 7.43. The second kappa shape index (κ2) is 10.3. The van der Waals surface area contributed by atoms with Crippen LogP contribution in [0.2, 0.25) is 0 Å². The summed E-state index contributed by atoms with van der Waals surface area (Å²) in [5, 5.41) is 20.1. The van der Waals surface area contributed by atoms with Crippen LogP contribution in [-0.4, -0.2) is 21.2 Å². The minimum Gasteiger partial charge on any atom is -0.507 e. The van der Waals surface area contributed by atoms with Gasteiger partial charge in [-0.05, 0) is 92.2 Å². The largest absolute Gasteiger partial charge is 0.507 e. The van der Waals surface area contributed by atoms with Gasteiger partial charge in [0, 0.05) is 23.5 Å². The summed E-state index contributed by atoms with van der Waals surface area (Å²) in [6.07, 6.45) is 7.16. The first-order chi connectivity index (χ1) is 15.2. The Kier molecular flexibility index (Phi) is 7.74. The number of nitrogens with zero attached hydrogens (tertiary/aromatic N) is 1. The third-order valence-electron chi connectivity index (χ3n) is 5.04. The van der Waals surface area contributed by atoms with Gasteiger partial charge in [0.2, 0.25) is 0 Å². The first-order valence-electron chi connectivity index (χ1n) is 10.0. The third-order valence-corrected chi connectivity index (χ3v) is 6.21. The lowest BCUT2D eigenvalue weighted by atomic mass is 9.98. The van der Waals surface area contributed by atoms with Gasteiger partial charge in [-0.2, -0.15) is 0 Å². The molecule has 0 fully saturated rings. The van der Waals surface area contributed by atoms with Crippen molar-refractivity contribution in [2.45, 2.75) is 32.6 Å². The number of carboxylic acids is 1. The molecule has 3 rings (SSSR count). The molecule has 0 saturated carbocycles. The van der Waals surface area contributed by atoms with Crippen molar-refractivity contribution in [3.05, 3.63) is 80.0 Å². The molecule has 7 heteroatoms. The van der Waals surface area contributed by atoms with E-state index in [0.717, 1.165) is 11.1 Å². The van der Waals surface area contributed by atoms with Crippen LogP contribution < -0.4 is 4.74 Å². The first-order valence-corrected chi connectivity index (χ1v) is 11.6. The molecule has 1 heterocycles. The average molecular weight is 561 g/mol. The summed E-state index contributed by atoms with van der Waals surface area (Å²) in [6.45, 7) is 5.64. The average Bonchev–Trinajstić information content (AvgIpc) is 2.75. The number of phenols is 1. The molecule has 0 radical (unpaired) electrons. The monoisotopic (exact) mass is 559 g/mol. The van der Waals surface area contributed by atoms with Crippen LogP contribution in [0.15, 0.2) is 57.7 Å². The van der Waals surface area contributed by atoms with Crippen LogP contribution in [0, 0.1) is 0 Å². The molecule has 5 nitrogen and oxygen atoms in total. The molecular formula is C25H23Br2NO4. The van der Waals surface area contributed by atoms with Crippen LogP contribution in [-0.2, 0) is 4.79 Å². The number of aromatic nitrogens is 1. The molecule has 0 aliphatic heterocycles. The van der Waals surface area contributed by atoms with Crippen LogP contribution in [0.1, 0.15) is 54.9 Å². The normalized spacial score (nSPS) is 12.3. The second-order valence-corrected chi connectivity index (χ2v) is 9.40. The molecule has 0 spiro atoms. The second-order valence-electron chi connectivity index (χ2n) is 7.69. The van der Waals surface area contributed by atoms with Gasteiger partial charge < -0.3 is 14.9 Å². The zero-order chi connectivity index (χ0) is 23.4. The molecule has 32 heavy (non-hydrogen) atoms. The maximum absolute atomic E-state index is 11.3. The molecule has 2 aromatic carbocycles. The molecule has 1 atom stereocenters. The molecule has 0 bridgehead atoms. The Balaban J connectivity index is 2.00. The van der Waals surface area contributed by atoms with E-state index in [1.807, 2.05) is 44.2 Å². The Hall–Kier alpha value is -2.64. The molecule has 1 unspecified atom stereocenters. The maximum atomic E-state index is 11.3. The highest BCUT2D eigenvalue weighted by Crippen LogP contribution is 2.42. The Morgan fingerprint density at radius 1 is 1.03 bits per heavy atom. The minimum absolute atomic E-state index is 0.0808. The number of aliphatic carboxylic acids is 1. The number of hydrogen-bond donors (Lipinski definition) is 2. The number of rotatable bonds is 7. The standard InChI is InChI=1S/C25H23Br2NO4/c1-14(2)20-13-19(10-17(23(20)29)5-4-16-6-8-28-9-7-16)32-24-21(26)11-18(12-22(24)27)15(3)25(30)31/h4-15,29H,1-3H3,(H,30,31)/b5-4+. The van der Waals surface area contributed by atoms with Crippen LogP contribution in [0.4, 0.5) is 0 Å². The molecule has 0 aliphatic rings. The topological polar surface area (TPSA) is 79.7 Å². The van der Waals surface area contributed by atoms with E-state index in [1.165, 1.54) is 0 Å². The molecule has 166 valence electrons. The molecule has 0 amide bonds. The van der Waals surface area contributed by atoms with Crippen molar-refractivity contribution in [2.24, 2.45) is 0 Å². The van der Waals surface area contributed by atoms with E-state index in [4.69, 9.17) is 4.74 Å². The van der Waals surface area contributed by atoms with Crippen molar-refractivity contribution in [3.8, 4) is 17.2 Å². The van der Waals surface area contributed by atoms with Crippen molar-refractivity contribution in [3.63, 3.8) is 0 Å². The number of halogens is 2. The predicted octanol–water partition coefficient (Wildman–Crippen LogP) is 7.59. The molecule has 0 aliphatic carbocycles. The van der Waals surface area contributed by atoms with Crippen molar-refractivity contribution < 1.29 is 19.7 Å². The highest BCUT2D eigenvalue weighted by atomic mass is 79.9. The Labute approximate surface area is 204 Å². The third kappa shape index (κ3) is 5.58. The van der Waals surface area contributed by atoms with E-state index in [0.29, 0.717) is 31.6 Å².